The average molecular weight is 250 g/mol. The number of nitrogens with one attached hydrogen (secondary N) is 1. The van der Waals surface area contributed by atoms with Crippen molar-refractivity contribution < 1.29 is 4.79 Å². The predicted molar refractivity (Wildman–Crippen MR) is 72.2 cm³/mol. The van der Waals surface area contributed by atoms with E-state index in [4.69, 9.17) is 0 Å². The van der Waals surface area contributed by atoms with Crippen molar-refractivity contribution in [2.45, 2.75) is 58.5 Å². The Hall–Kier alpha value is -0.570. The lowest BCUT2D eigenvalue weighted by atomic mass is 9.67. The summed E-state index contributed by atoms with van der Waals surface area (Å²) in [4.78, 5) is 14.7. The highest BCUT2D eigenvalue weighted by Gasteiger charge is 2.62. The van der Waals surface area contributed by atoms with Crippen molar-refractivity contribution in [3.05, 3.63) is 0 Å². The second-order valence-corrected chi connectivity index (χ2v) is 7.48. The van der Waals surface area contributed by atoms with E-state index in [0.29, 0.717) is 22.8 Å². The molecule has 102 valence electrons. The zero-order chi connectivity index (χ0) is 13.1. The van der Waals surface area contributed by atoms with Gasteiger partial charge in [0.2, 0.25) is 5.91 Å². The highest BCUT2D eigenvalue weighted by atomic mass is 16.2. The van der Waals surface area contributed by atoms with Crippen molar-refractivity contribution in [2.75, 3.05) is 13.6 Å². The van der Waals surface area contributed by atoms with E-state index in [-0.39, 0.29) is 6.04 Å². The van der Waals surface area contributed by atoms with Crippen molar-refractivity contribution >= 4 is 5.91 Å². The zero-order valence-corrected chi connectivity index (χ0v) is 12.1. The van der Waals surface area contributed by atoms with Gasteiger partial charge in [0.15, 0.2) is 0 Å². The van der Waals surface area contributed by atoms with Gasteiger partial charge in [-0.05, 0) is 49.5 Å². The zero-order valence-electron chi connectivity index (χ0n) is 12.1. The second-order valence-electron chi connectivity index (χ2n) is 7.48. The molecule has 2 saturated carbocycles. The number of amides is 1. The number of likely N-dealkylation sites (N-methyl/N-ethyl adjacent to an activating group) is 1. The van der Waals surface area contributed by atoms with E-state index in [1.54, 1.807) is 0 Å². The minimum Gasteiger partial charge on any atom is -0.337 e. The van der Waals surface area contributed by atoms with E-state index in [0.717, 1.165) is 18.9 Å². The molecule has 4 atom stereocenters. The number of hydrogen-bond acceptors (Lipinski definition) is 2. The molecule has 3 nitrogen and oxygen atoms in total. The van der Waals surface area contributed by atoms with Gasteiger partial charge >= 0.3 is 0 Å². The monoisotopic (exact) mass is 250 g/mol. The normalized spacial score (nSPS) is 46.1. The fraction of sp³-hybridized carbons (Fsp3) is 0.933. The Morgan fingerprint density at radius 1 is 1.28 bits per heavy atom. The smallest absolute Gasteiger partial charge is 0.240 e. The van der Waals surface area contributed by atoms with Gasteiger partial charge < -0.3 is 10.2 Å². The van der Waals surface area contributed by atoms with E-state index in [1.807, 2.05) is 7.05 Å². The van der Waals surface area contributed by atoms with Crippen molar-refractivity contribution in [1.82, 2.24) is 10.2 Å². The Morgan fingerprint density at radius 2 is 2.00 bits per heavy atom. The lowest BCUT2D eigenvalue weighted by Crippen LogP contribution is -2.54. The fourth-order valence-electron chi connectivity index (χ4n) is 5.28. The molecule has 18 heavy (non-hydrogen) atoms. The van der Waals surface area contributed by atoms with Crippen LogP contribution in [0.4, 0.5) is 0 Å². The lowest BCUT2D eigenvalue weighted by Gasteiger charge is -2.47. The van der Waals surface area contributed by atoms with Gasteiger partial charge in [-0.3, -0.25) is 4.79 Å². The van der Waals surface area contributed by atoms with Gasteiger partial charge in [-0.1, -0.05) is 20.8 Å². The molecule has 1 saturated heterocycles. The molecule has 1 aliphatic heterocycles. The number of rotatable bonds is 2. The summed E-state index contributed by atoms with van der Waals surface area (Å²) in [5.41, 5.74) is 0.664. The molecular weight excluding hydrogens is 224 g/mol. The molecule has 3 fully saturated rings. The summed E-state index contributed by atoms with van der Waals surface area (Å²) in [5, 5.41) is 3.16. The van der Waals surface area contributed by atoms with Gasteiger partial charge in [-0.25, -0.2) is 0 Å². The summed E-state index contributed by atoms with van der Waals surface area (Å²) in [6.07, 6.45) is 4.96. The molecule has 1 amide bonds. The van der Waals surface area contributed by atoms with Gasteiger partial charge in [-0.2, -0.15) is 0 Å². The first kappa shape index (κ1) is 12.5. The molecule has 1 N–H and O–H groups in total. The van der Waals surface area contributed by atoms with Crippen LogP contribution in [0.5, 0.6) is 0 Å². The molecule has 3 rings (SSSR count). The first-order valence-electron chi connectivity index (χ1n) is 7.38. The number of carbonyl (C=O) groups is 1. The first-order valence-corrected chi connectivity index (χ1v) is 7.38. The molecule has 1 heterocycles. The van der Waals surface area contributed by atoms with Crippen molar-refractivity contribution in [3.8, 4) is 0 Å². The Labute approximate surface area is 110 Å². The molecule has 0 radical (unpaired) electrons. The third-order valence-corrected chi connectivity index (χ3v) is 6.09. The van der Waals surface area contributed by atoms with Crippen LogP contribution in [0.25, 0.3) is 0 Å². The molecule has 0 spiro atoms. The standard InChI is InChI=1S/C15H26N2O/c1-14(2)10-5-7-15(3,9-10)13(14)17-8-6-11(16-4)12(17)18/h10-11,13,16H,5-9H2,1-4H3. The average Bonchev–Trinajstić information content (AvgIpc) is 2.89. The lowest BCUT2D eigenvalue weighted by molar-refractivity contribution is -0.137. The number of carbonyl (C=O) groups excluding carboxylic acids is 1. The Morgan fingerprint density at radius 3 is 2.50 bits per heavy atom. The van der Waals surface area contributed by atoms with Crippen molar-refractivity contribution in [2.24, 2.45) is 16.7 Å². The maximum absolute atomic E-state index is 12.5. The maximum Gasteiger partial charge on any atom is 0.240 e. The van der Waals surface area contributed by atoms with Crippen LogP contribution in [0.15, 0.2) is 0 Å². The summed E-state index contributed by atoms with van der Waals surface area (Å²) in [7, 11) is 1.90. The third-order valence-electron chi connectivity index (χ3n) is 6.09. The number of nitrogens with zero attached hydrogens (tertiary/aromatic N) is 1. The summed E-state index contributed by atoms with van der Waals surface area (Å²) < 4.78 is 0. The molecule has 3 aliphatic rings. The number of likely N-dealkylation sites (tertiary alicyclic amines) is 1. The second kappa shape index (κ2) is 3.72. The Kier molecular flexibility index (Phi) is 2.58. The van der Waals surface area contributed by atoms with Gasteiger partial charge in [0.1, 0.15) is 0 Å². The molecule has 2 aliphatic carbocycles. The van der Waals surface area contributed by atoms with Crippen molar-refractivity contribution in [1.29, 1.82) is 0 Å². The molecule has 3 heteroatoms. The van der Waals surface area contributed by atoms with Crippen LogP contribution < -0.4 is 5.32 Å². The van der Waals surface area contributed by atoms with Gasteiger partial charge in [-0.15, -0.1) is 0 Å². The summed E-state index contributed by atoms with van der Waals surface area (Å²) in [6, 6.07) is 0.512. The predicted octanol–water partition coefficient (Wildman–Crippen LogP) is 2.02. The van der Waals surface area contributed by atoms with Crippen LogP contribution in [-0.2, 0) is 4.79 Å². The van der Waals surface area contributed by atoms with Crippen LogP contribution in [0.3, 0.4) is 0 Å². The summed E-state index contributed by atoms with van der Waals surface area (Å²) in [5.74, 6) is 1.15. The fourth-order valence-corrected chi connectivity index (χ4v) is 5.28. The molecule has 2 bridgehead atoms. The van der Waals surface area contributed by atoms with E-state index in [1.165, 1.54) is 19.3 Å². The minimum atomic E-state index is 0.0588. The van der Waals surface area contributed by atoms with Gasteiger partial charge in [0, 0.05) is 12.6 Å². The Balaban J connectivity index is 1.90. The van der Waals surface area contributed by atoms with Crippen molar-refractivity contribution in [3.63, 3.8) is 0 Å². The molecule has 0 aromatic heterocycles. The topological polar surface area (TPSA) is 32.3 Å². The van der Waals surface area contributed by atoms with Crippen LogP contribution in [0.1, 0.15) is 46.5 Å². The molecule has 0 aromatic rings. The largest absolute Gasteiger partial charge is 0.337 e. The molecular formula is C15H26N2O. The maximum atomic E-state index is 12.5. The van der Waals surface area contributed by atoms with Gasteiger partial charge in [0.05, 0.1) is 6.04 Å². The number of hydrogen-bond donors (Lipinski definition) is 1. The first-order chi connectivity index (χ1) is 8.40. The third kappa shape index (κ3) is 1.43. The molecule has 4 unspecified atom stereocenters. The van der Waals surface area contributed by atoms with Gasteiger partial charge in [0.25, 0.3) is 0 Å². The summed E-state index contributed by atoms with van der Waals surface area (Å²) in [6.45, 7) is 8.12. The van der Waals surface area contributed by atoms with Crippen LogP contribution >= 0.6 is 0 Å². The summed E-state index contributed by atoms with van der Waals surface area (Å²) >= 11 is 0. The van der Waals surface area contributed by atoms with E-state index >= 15 is 0 Å². The molecule has 0 aromatic carbocycles. The Bertz CT molecular complexity index is 374. The highest BCUT2D eigenvalue weighted by Crippen LogP contribution is 2.64. The van der Waals surface area contributed by atoms with E-state index in [9.17, 15) is 4.79 Å². The SMILES string of the molecule is CNC1CCN(C2C3(C)CCC(C3)C2(C)C)C1=O. The van der Waals surface area contributed by atoms with E-state index < -0.39 is 0 Å². The quantitative estimate of drug-likeness (QED) is 0.813. The van der Waals surface area contributed by atoms with Crippen LogP contribution in [-0.4, -0.2) is 36.5 Å². The van der Waals surface area contributed by atoms with E-state index in [2.05, 4.69) is 31.0 Å². The highest BCUT2D eigenvalue weighted by molar-refractivity contribution is 5.84. The minimum absolute atomic E-state index is 0.0588. The van der Waals surface area contributed by atoms with Crippen LogP contribution in [0.2, 0.25) is 0 Å². The number of fused-ring (bicyclic) bond motifs is 2. The van der Waals surface area contributed by atoms with Crippen LogP contribution in [0, 0.1) is 16.7 Å².